The fraction of sp³-hybridized carbons (Fsp3) is 0.667. The van der Waals surface area contributed by atoms with Crippen LogP contribution in [0.1, 0.15) is 49.3 Å². The first-order valence-corrected chi connectivity index (χ1v) is 8.18. The van der Waals surface area contributed by atoms with Crippen molar-refractivity contribution in [2.75, 3.05) is 19.6 Å². The van der Waals surface area contributed by atoms with Crippen LogP contribution in [-0.4, -0.2) is 30.6 Å². The SMILES string of the molecule is Cc1cccc(CNCCCN2CCCCC2C)c1C. The van der Waals surface area contributed by atoms with Crippen LogP contribution in [0.4, 0.5) is 0 Å². The summed E-state index contributed by atoms with van der Waals surface area (Å²) in [4.78, 5) is 2.66. The molecular weight excluding hydrogens is 244 g/mol. The van der Waals surface area contributed by atoms with Gasteiger partial charge in [0.05, 0.1) is 0 Å². The standard InChI is InChI=1S/C18H30N2/c1-15-8-6-10-18(17(15)3)14-19-11-7-13-20-12-5-4-9-16(20)2/h6,8,10,16,19H,4-5,7,9,11-14H2,1-3H3. The number of benzene rings is 1. The van der Waals surface area contributed by atoms with Gasteiger partial charge in [-0.15, -0.1) is 0 Å². The van der Waals surface area contributed by atoms with Gasteiger partial charge in [-0.05, 0) is 76.4 Å². The van der Waals surface area contributed by atoms with E-state index in [0.29, 0.717) is 0 Å². The van der Waals surface area contributed by atoms with Gasteiger partial charge in [0.1, 0.15) is 0 Å². The van der Waals surface area contributed by atoms with E-state index in [1.165, 1.54) is 55.5 Å². The maximum Gasteiger partial charge on any atom is 0.0208 e. The van der Waals surface area contributed by atoms with E-state index in [9.17, 15) is 0 Å². The van der Waals surface area contributed by atoms with E-state index in [1.807, 2.05) is 0 Å². The number of piperidine rings is 1. The molecule has 1 N–H and O–H groups in total. The Balaban J connectivity index is 1.65. The molecule has 1 aliphatic rings. The summed E-state index contributed by atoms with van der Waals surface area (Å²) in [6.07, 6.45) is 5.45. The van der Waals surface area contributed by atoms with Crippen LogP contribution in [0.25, 0.3) is 0 Å². The summed E-state index contributed by atoms with van der Waals surface area (Å²) in [5.74, 6) is 0. The molecule has 1 saturated heterocycles. The van der Waals surface area contributed by atoms with E-state index in [4.69, 9.17) is 0 Å². The summed E-state index contributed by atoms with van der Waals surface area (Å²) in [5, 5.41) is 3.60. The molecule has 1 aliphatic heterocycles. The van der Waals surface area contributed by atoms with Gasteiger partial charge < -0.3 is 10.2 Å². The summed E-state index contributed by atoms with van der Waals surface area (Å²) in [7, 11) is 0. The third kappa shape index (κ3) is 4.32. The highest BCUT2D eigenvalue weighted by Crippen LogP contribution is 2.16. The van der Waals surface area contributed by atoms with E-state index in [1.54, 1.807) is 0 Å². The third-order valence-electron chi connectivity index (χ3n) is 4.77. The van der Waals surface area contributed by atoms with E-state index < -0.39 is 0 Å². The van der Waals surface area contributed by atoms with Gasteiger partial charge in [-0.1, -0.05) is 24.6 Å². The molecule has 112 valence electrons. The molecule has 1 unspecified atom stereocenters. The topological polar surface area (TPSA) is 15.3 Å². The number of nitrogens with one attached hydrogen (secondary N) is 1. The summed E-state index contributed by atoms with van der Waals surface area (Å²) in [6.45, 7) is 11.5. The van der Waals surface area contributed by atoms with Crippen LogP contribution >= 0.6 is 0 Å². The Kier molecular flexibility index (Phi) is 6.06. The number of aryl methyl sites for hydroxylation is 1. The fourth-order valence-corrected chi connectivity index (χ4v) is 3.12. The molecule has 1 fully saturated rings. The van der Waals surface area contributed by atoms with E-state index in [-0.39, 0.29) is 0 Å². The Morgan fingerprint density at radius 2 is 2.10 bits per heavy atom. The van der Waals surface area contributed by atoms with Gasteiger partial charge in [0.25, 0.3) is 0 Å². The lowest BCUT2D eigenvalue weighted by atomic mass is 10.0. The lowest BCUT2D eigenvalue weighted by molar-refractivity contribution is 0.159. The minimum atomic E-state index is 0.794. The minimum Gasteiger partial charge on any atom is -0.313 e. The Bertz CT molecular complexity index is 414. The summed E-state index contributed by atoms with van der Waals surface area (Å²) < 4.78 is 0. The van der Waals surface area contributed by atoms with Gasteiger partial charge in [-0.25, -0.2) is 0 Å². The number of nitrogens with zero attached hydrogens (tertiary/aromatic N) is 1. The van der Waals surface area contributed by atoms with Crippen LogP contribution in [0.15, 0.2) is 18.2 Å². The molecule has 2 nitrogen and oxygen atoms in total. The third-order valence-corrected chi connectivity index (χ3v) is 4.77. The van der Waals surface area contributed by atoms with E-state index >= 15 is 0 Å². The molecule has 1 heterocycles. The van der Waals surface area contributed by atoms with Crippen molar-refractivity contribution in [3.05, 3.63) is 34.9 Å². The van der Waals surface area contributed by atoms with Gasteiger partial charge in [0.2, 0.25) is 0 Å². The van der Waals surface area contributed by atoms with Crippen molar-refractivity contribution >= 4 is 0 Å². The average molecular weight is 274 g/mol. The number of likely N-dealkylation sites (tertiary alicyclic amines) is 1. The normalized spacial score (nSPS) is 20.2. The smallest absolute Gasteiger partial charge is 0.0208 e. The van der Waals surface area contributed by atoms with Crippen LogP contribution < -0.4 is 5.32 Å². The maximum atomic E-state index is 3.60. The quantitative estimate of drug-likeness (QED) is 0.796. The average Bonchev–Trinajstić information content (AvgIpc) is 2.45. The molecule has 0 aliphatic carbocycles. The van der Waals surface area contributed by atoms with Crippen molar-refractivity contribution in [2.24, 2.45) is 0 Å². The van der Waals surface area contributed by atoms with Gasteiger partial charge in [0.15, 0.2) is 0 Å². The van der Waals surface area contributed by atoms with Crippen LogP contribution in [0.3, 0.4) is 0 Å². The van der Waals surface area contributed by atoms with Crippen molar-refractivity contribution in [3.63, 3.8) is 0 Å². The molecular formula is C18H30N2. The van der Waals surface area contributed by atoms with E-state index in [2.05, 4.69) is 49.2 Å². The van der Waals surface area contributed by atoms with Gasteiger partial charge in [-0.2, -0.15) is 0 Å². The van der Waals surface area contributed by atoms with Crippen LogP contribution in [-0.2, 0) is 6.54 Å². The summed E-state index contributed by atoms with van der Waals surface area (Å²) in [6, 6.07) is 7.38. The zero-order valence-corrected chi connectivity index (χ0v) is 13.4. The number of hydrogen-bond donors (Lipinski definition) is 1. The fourth-order valence-electron chi connectivity index (χ4n) is 3.12. The lowest BCUT2D eigenvalue weighted by Gasteiger charge is -2.33. The molecule has 1 aromatic rings. The first-order chi connectivity index (χ1) is 9.68. The first-order valence-electron chi connectivity index (χ1n) is 8.18. The Morgan fingerprint density at radius 3 is 2.90 bits per heavy atom. The van der Waals surface area contributed by atoms with E-state index in [0.717, 1.165) is 19.1 Å². The molecule has 0 radical (unpaired) electrons. The number of rotatable bonds is 6. The molecule has 1 aromatic carbocycles. The van der Waals surface area contributed by atoms with Crippen molar-refractivity contribution in [1.82, 2.24) is 10.2 Å². The molecule has 0 amide bonds. The maximum absolute atomic E-state index is 3.60. The van der Waals surface area contributed by atoms with Gasteiger partial charge in [-0.3, -0.25) is 0 Å². The molecule has 2 rings (SSSR count). The molecule has 20 heavy (non-hydrogen) atoms. The largest absolute Gasteiger partial charge is 0.313 e. The van der Waals surface area contributed by atoms with Gasteiger partial charge in [0, 0.05) is 12.6 Å². The summed E-state index contributed by atoms with van der Waals surface area (Å²) in [5.41, 5.74) is 4.27. The van der Waals surface area contributed by atoms with Crippen molar-refractivity contribution in [1.29, 1.82) is 0 Å². The zero-order valence-electron chi connectivity index (χ0n) is 13.4. The van der Waals surface area contributed by atoms with Crippen molar-refractivity contribution < 1.29 is 0 Å². The van der Waals surface area contributed by atoms with Crippen LogP contribution in [0, 0.1) is 13.8 Å². The predicted octanol–water partition coefficient (Wildman–Crippen LogP) is 3.66. The number of hydrogen-bond acceptors (Lipinski definition) is 2. The Labute approximate surface area is 124 Å². The Hall–Kier alpha value is -0.860. The molecule has 0 saturated carbocycles. The second kappa shape index (κ2) is 7.80. The molecule has 0 bridgehead atoms. The molecule has 0 spiro atoms. The first kappa shape index (κ1) is 15.5. The van der Waals surface area contributed by atoms with Crippen molar-refractivity contribution in [2.45, 2.75) is 59.0 Å². The highest BCUT2D eigenvalue weighted by molar-refractivity contribution is 5.32. The second-order valence-electron chi connectivity index (χ2n) is 6.27. The van der Waals surface area contributed by atoms with Crippen molar-refractivity contribution in [3.8, 4) is 0 Å². The monoisotopic (exact) mass is 274 g/mol. The zero-order chi connectivity index (χ0) is 14.4. The summed E-state index contributed by atoms with van der Waals surface area (Å²) >= 11 is 0. The Morgan fingerprint density at radius 1 is 1.25 bits per heavy atom. The molecule has 1 atom stereocenters. The highest BCUT2D eigenvalue weighted by Gasteiger charge is 2.16. The lowest BCUT2D eigenvalue weighted by Crippen LogP contribution is -2.38. The second-order valence-corrected chi connectivity index (χ2v) is 6.27. The van der Waals surface area contributed by atoms with Crippen LogP contribution in [0.2, 0.25) is 0 Å². The van der Waals surface area contributed by atoms with Gasteiger partial charge >= 0.3 is 0 Å². The highest BCUT2D eigenvalue weighted by atomic mass is 15.2. The minimum absolute atomic E-state index is 0.794. The predicted molar refractivity (Wildman–Crippen MR) is 87.1 cm³/mol. The molecule has 0 aromatic heterocycles. The van der Waals surface area contributed by atoms with Crippen LogP contribution in [0.5, 0.6) is 0 Å². The molecule has 2 heteroatoms.